The highest BCUT2D eigenvalue weighted by molar-refractivity contribution is 5.97. The van der Waals surface area contributed by atoms with E-state index in [1.54, 1.807) is 58.3 Å². The molecule has 2 aromatic rings. The monoisotopic (exact) mass is 551 g/mol. The molecular formula is C29H37N5O6. The van der Waals surface area contributed by atoms with Crippen molar-refractivity contribution >= 4 is 29.5 Å². The summed E-state index contributed by atoms with van der Waals surface area (Å²) in [7, 11) is 3.53. The number of piperidine rings is 1. The zero-order chi connectivity index (χ0) is 28.6. The lowest BCUT2D eigenvalue weighted by atomic mass is 9.95. The van der Waals surface area contributed by atoms with Gasteiger partial charge in [0.15, 0.2) is 0 Å². The quantitative estimate of drug-likeness (QED) is 0.458. The number of anilines is 1. The number of likely N-dealkylation sites (tertiary alicyclic amines) is 1. The van der Waals surface area contributed by atoms with Gasteiger partial charge >= 0.3 is 12.0 Å². The van der Waals surface area contributed by atoms with Crippen LogP contribution in [-0.2, 0) is 16.0 Å². The lowest BCUT2D eigenvalue weighted by Gasteiger charge is -2.33. The van der Waals surface area contributed by atoms with Crippen molar-refractivity contribution < 1.29 is 29.0 Å². The lowest BCUT2D eigenvalue weighted by Crippen LogP contribution is -2.50. The van der Waals surface area contributed by atoms with Crippen LogP contribution in [0.15, 0.2) is 48.5 Å². The van der Waals surface area contributed by atoms with Crippen LogP contribution in [0.1, 0.15) is 28.8 Å². The van der Waals surface area contributed by atoms with E-state index >= 15 is 0 Å². The maximum absolute atomic E-state index is 13.1. The zero-order valence-electron chi connectivity index (χ0n) is 23.0. The predicted octanol–water partition coefficient (Wildman–Crippen LogP) is 2.14. The van der Waals surface area contributed by atoms with Crippen LogP contribution in [-0.4, -0.2) is 103 Å². The number of amides is 4. The van der Waals surface area contributed by atoms with Gasteiger partial charge in [-0.25, -0.2) is 9.59 Å². The molecule has 40 heavy (non-hydrogen) atoms. The van der Waals surface area contributed by atoms with Gasteiger partial charge < -0.3 is 35.2 Å². The van der Waals surface area contributed by atoms with Crippen LogP contribution in [0.5, 0.6) is 5.75 Å². The fourth-order valence-corrected chi connectivity index (χ4v) is 5.03. The van der Waals surface area contributed by atoms with Crippen LogP contribution in [0.2, 0.25) is 0 Å². The first-order valence-electron chi connectivity index (χ1n) is 13.5. The van der Waals surface area contributed by atoms with Crippen LogP contribution < -0.4 is 15.4 Å². The van der Waals surface area contributed by atoms with E-state index in [9.17, 15) is 24.3 Å². The number of hydrogen-bond donors (Lipinski definition) is 3. The third-order valence-electron chi connectivity index (χ3n) is 7.47. The molecule has 0 aliphatic carbocycles. The molecule has 0 saturated carbocycles. The highest BCUT2D eigenvalue weighted by atomic mass is 16.5. The molecule has 214 valence electrons. The minimum absolute atomic E-state index is 0.0876. The Hall–Kier alpha value is -4.12. The van der Waals surface area contributed by atoms with Crippen molar-refractivity contribution in [3.05, 3.63) is 59.7 Å². The van der Waals surface area contributed by atoms with E-state index in [4.69, 9.17) is 4.74 Å². The number of nitrogens with one attached hydrogen (secondary N) is 2. The number of para-hydroxylation sites is 1. The van der Waals surface area contributed by atoms with E-state index in [2.05, 4.69) is 15.5 Å². The summed E-state index contributed by atoms with van der Waals surface area (Å²) in [6, 6.07) is 12.6. The van der Waals surface area contributed by atoms with Crippen molar-refractivity contribution in [2.45, 2.75) is 25.3 Å². The molecule has 4 amide bonds. The minimum atomic E-state index is -1.14. The average Bonchev–Trinajstić information content (AvgIpc) is 2.97. The third kappa shape index (κ3) is 7.29. The predicted molar refractivity (Wildman–Crippen MR) is 149 cm³/mol. The molecule has 0 radical (unpaired) electrons. The average molecular weight is 552 g/mol. The minimum Gasteiger partial charge on any atom is -0.496 e. The number of aliphatic carboxylic acids is 1. The second-order valence-corrected chi connectivity index (χ2v) is 10.3. The molecule has 2 aromatic carbocycles. The van der Waals surface area contributed by atoms with E-state index in [0.717, 1.165) is 13.1 Å². The van der Waals surface area contributed by atoms with Crippen LogP contribution >= 0.6 is 0 Å². The fourth-order valence-electron chi connectivity index (χ4n) is 5.03. The summed E-state index contributed by atoms with van der Waals surface area (Å²) >= 11 is 0. The topological polar surface area (TPSA) is 132 Å². The molecule has 4 rings (SSSR count). The number of rotatable bonds is 8. The summed E-state index contributed by atoms with van der Waals surface area (Å²) in [6.45, 7) is 3.69. The lowest BCUT2D eigenvalue weighted by molar-refractivity contribution is -0.142. The second kappa shape index (κ2) is 13.3. The number of nitrogens with zero attached hydrogens (tertiary/aromatic N) is 3. The largest absolute Gasteiger partial charge is 0.496 e. The number of carbonyl (C=O) groups is 4. The molecule has 2 fully saturated rings. The van der Waals surface area contributed by atoms with Crippen LogP contribution in [0, 0.1) is 5.92 Å². The van der Waals surface area contributed by atoms with Crippen LogP contribution in [0.3, 0.4) is 0 Å². The number of urea groups is 1. The number of likely N-dealkylation sites (N-methyl/N-ethyl adjacent to an activating group) is 1. The Bertz CT molecular complexity index is 1210. The summed E-state index contributed by atoms with van der Waals surface area (Å²) in [6.07, 6.45) is 1.29. The first-order valence-corrected chi connectivity index (χ1v) is 13.5. The van der Waals surface area contributed by atoms with Crippen molar-refractivity contribution in [3.8, 4) is 5.75 Å². The smallest absolute Gasteiger partial charge is 0.326 e. The van der Waals surface area contributed by atoms with E-state index < -0.39 is 17.9 Å². The fraction of sp³-hybridized carbons (Fsp3) is 0.448. The maximum atomic E-state index is 13.1. The number of hydrogen-bond acceptors (Lipinski definition) is 6. The third-order valence-corrected chi connectivity index (χ3v) is 7.47. The van der Waals surface area contributed by atoms with E-state index in [0.29, 0.717) is 55.0 Å². The Labute approximate surface area is 234 Å². The number of benzene rings is 2. The normalized spacial score (nSPS) is 18.5. The molecule has 0 spiro atoms. The molecule has 2 atom stereocenters. The van der Waals surface area contributed by atoms with Gasteiger partial charge in [-0.2, -0.15) is 0 Å². The van der Waals surface area contributed by atoms with Crippen molar-refractivity contribution in [2.75, 3.05) is 58.7 Å². The standard InChI is InChI=1S/C29H37N5O6/c1-32-14-16-33(17-15-32)29(39)30-22-11-9-20(10-12-22)18-24(28(37)38)31-26(35)21-6-5-13-34(19-21)27(36)23-7-3-4-8-25(23)40-2/h3-4,7-12,21,24H,5-6,13-19H2,1-2H3,(H,30,39)(H,31,35)(H,37,38). The Morgan fingerprint density at radius 1 is 0.975 bits per heavy atom. The van der Waals surface area contributed by atoms with Gasteiger partial charge in [0.1, 0.15) is 11.8 Å². The number of carbonyl (C=O) groups excluding carboxylic acids is 3. The van der Waals surface area contributed by atoms with Crippen molar-refractivity contribution in [1.82, 2.24) is 20.0 Å². The molecule has 11 nitrogen and oxygen atoms in total. The number of methoxy groups -OCH3 is 1. The van der Waals surface area contributed by atoms with Crippen molar-refractivity contribution in [2.24, 2.45) is 5.92 Å². The molecule has 3 N–H and O–H groups in total. The molecule has 2 aliphatic heterocycles. The van der Waals surface area contributed by atoms with Crippen LogP contribution in [0.25, 0.3) is 0 Å². The maximum Gasteiger partial charge on any atom is 0.326 e. The molecule has 2 saturated heterocycles. The van der Waals surface area contributed by atoms with Crippen LogP contribution in [0.4, 0.5) is 10.5 Å². The first-order chi connectivity index (χ1) is 19.2. The SMILES string of the molecule is COc1ccccc1C(=O)N1CCCC(C(=O)NC(Cc2ccc(NC(=O)N3CCN(C)CC3)cc2)C(=O)O)C1. The summed E-state index contributed by atoms with van der Waals surface area (Å²) in [5.41, 5.74) is 1.75. The summed E-state index contributed by atoms with van der Waals surface area (Å²) in [5.74, 6) is -1.79. The van der Waals surface area contributed by atoms with Gasteiger partial charge in [-0.15, -0.1) is 0 Å². The number of carboxylic acids is 1. The molecule has 2 unspecified atom stereocenters. The molecule has 0 aromatic heterocycles. The number of ether oxygens (including phenoxy) is 1. The summed E-state index contributed by atoms with van der Waals surface area (Å²) < 4.78 is 5.31. The number of carboxylic acid groups (broad SMARTS) is 1. The Balaban J connectivity index is 1.32. The molecule has 11 heteroatoms. The van der Waals surface area contributed by atoms with Gasteiger partial charge in [0.25, 0.3) is 5.91 Å². The summed E-state index contributed by atoms with van der Waals surface area (Å²) in [5, 5.41) is 15.4. The van der Waals surface area contributed by atoms with Gasteiger partial charge in [0.05, 0.1) is 18.6 Å². The molecule has 2 aliphatic rings. The second-order valence-electron chi connectivity index (χ2n) is 10.3. The van der Waals surface area contributed by atoms with E-state index in [1.165, 1.54) is 7.11 Å². The molecular weight excluding hydrogens is 514 g/mol. The van der Waals surface area contributed by atoms with Crippen molar-refractivity contribution in [1.29, 1.82) is 0 Å². The highest BCUT2D eigenvalue weighted by Gasteiger charge is 2.32. The first kappa shape index (κ1) is 28.9. The Morgan fingerprint density at radius 3 is 2.35 bits per heavy atom. The van der Waals surface area contributed by atoms with E-state index in [-0.39, 0.29) is 30.8 Å². The van der Waals surface area contributed by atoms with Gasteiger partial charge in [-0.1, -0.05) is 24.3 Å². The molecule has 0 bridgehead atoms. The Kier molecular flexibility index (Phi) is 9.60. The number of piperazine rings is 1. The molecule has 2 heterocycles. The van der Waals surface area contributed by atoms with Gasteiger partial charge in [-0.05, 0) is 49.7 Å². The zero-order valence-corrected chi connectivity index (χ0v) is 23.0. The summed E-state index contributed by atoms with van der Waals surface area (Å²) in [4.78, 5) is 56.3. The van der Waals surface area contributed by atoms with Crippen molar-refractivity contribution in [3.63, 3.8) is 0 Å². The highest BCUT2D eigenvalue weighted by Crippen LogP contribution is 2.24. The van der Waals surface area contributed by atoms with Gasteiger partial charge in [0.2, 0.25) is 5.91 Å². The van der Waals surface area contributed by atoms with Gasteiger partial charge in [-0.3, -0.25) is 9.59 Å². The Morgan fingerprint density at radius 2 is 1.68 bits per heavy atom. The van der Waals surface area contributed by atoms with E-state index in [1.807, 2.05) is 7.05 Å². The van der Waals surface area contributed by atoms with Gasteiger partial charge in [0, 0.05) is 51.4 Å².